The number of carbonyl (C=O) groups excluding carboxylic acids is 1. The molecule has 1 saturated heterocycles. The molecule has 2 N–H and O–H groups in total. The van der Waals surface area contributed by atoms with Crippen molar-refractivity contribution in [2.75, 3.05) is 20.3 Å². The zero-order valence-electron chi connectivity index (χ0n) is 10.5. The minimum absolute atomic E-state index is 0.274. The predicted octanol–water partition coefficient (Wildman–Crippen LogP) is 1.12. The molecule has 1 aromatic heterocycles. The molecule has 1 aromatic rings. The Bertz CT molecular complexity index is 478. The van der Waals surface area contributed by atoms with Gasteiger partial charge in [0.15, 0.2) is 0 Å². The number of aliphatic carboxylic acids is 1. The average molecular weight is 285 g/mol. The first kappa shape index (κ1) is 13.8. The molecule has 0 unspecified atom stereocenters. The number of ether oxygens (including phenoxy) is 2. The number of hydrogen-bond donors (Lipinski definition) is 2. The quantitative estimate of drug-likeness (QED) is 0.866. The first-order valence-electron chi connectivity index (χ1n) is 5.83. The van der Waals surface area contributed by atoms with Crippen molar-refractivity contribution in [2.24, 2.45) is 0 Å². The Hall–Kier alpha value is -1.60. The van der Waals surface area contributed by atoms with Crippen molar-refractivity contribution < 1.29 is 24.2 Å². The number of nitrogens with one attached hydrogen (secondary N) is 1. The van der Waals surface area contributed by atoms with E-state index in [1.165, 1.54) is 18.4 Å². The van der Waals surface area contributed by atoms with Crippen LogP contribution in [0.2, 0.25) is 0 Å². The number of thiophene rings is 1. The number of rotatable bonds is 4. The van der Waals surface area contributed by atoms with E-state index in [1.807, 2.05) is 0 Å². The van der Waals surface area contributed by atoms with Crippen LogP contribution in [0, 0.1) is 0 Å². The summed E-state index contributed by atoms with van der Waals surface area (Å²) in [5, 5.41) is 13.7. The van der Waals surface area contributed by atoms with Crippen molar-refractivity contribution in [3.8, 4) is 5.75 Å². The Morgan fingerprint density at radius 2 is 2.16 bits per heavy atom. The van der Waals surface area contributed by atoms with Gasteiger partial charge in [-0.25, -0.2) is 4.79 Å². The summed E-state index contributed by atoms with van der Waals surface area (Å²) in [6.45, 7) is 0.667. The summed E-state index contributed by atoms with van der Waals surface area (Å²) in [5.74, 6) is -0.822. The van der Waals surface area contributed by atoms with Gasteiger partial charge in [0.25, 0.3) is 5.91 Å². The van der Waals surface area contributed by atoms with E-state index in [4.69, 9.17) is 9.47 Å². The van der Waals surface area contributed by atoms with Gasteiger partial charge in [0.1, 0.15) is 11.3 Å². The second-order valence-corrected chi connectivity index (χ2v) is 5.22. The molecule has 7 heteroatoms. The van der Waals surface area contributed by atoms with Gasteiger partial charge in [-0.3, -0.25) is 4.79 Å². The zero-order valence-corrected chi connectivity index (χ0v) is 11.3. The van der Waals surface area contributed by atoms with Crippen molar-refractivity contribution in [1.29, 1.82) is 0 Å². The molecule has 19 heavy (non-hydrogen) atoms. The van der Waals surface area contributed by atoms with E-state index in [1.54, 1.807) is 11.4 Å². The molecule has 6 nitrogen and oxygen atoms in total. The van der Waals surface area contributed by atoms with Crippen molar-refractivity contribution in [3.63, 3.8) is 0 Å². The SMILES string of the molecule is COc1csc(C(=O)NC2(C(=O)O)CCOCC2)c1. The highest BCUT2D eigenvalue weighted by Crippen LogP contribution is 2.25. The molecule has 0 saturated carbocycles. The minimum atomic E-state index is -1.23. The van der Waals surface area contributed by atoms with Crippen molar-refractivity contribution in [1.82, 2.24) is 5.32 Å². The highest BCUT2D eigenvalue weighted by atomic mass is 32.1. The maximum atomic E-state index is 12.1. The monoisotopic (exact) mass is 285 g/mol. The summed E-state index contributed by atoms with van der Waals surface area (Å²) >= 11 is 1.22. The van der Waals surface area contributed by atoms with E-state index < -0.39 is 17.4 Å². The Morgan fingerprint density at radius 1 is 1.47 bits per heavy atom. The molecular formula is C12H15NO5S. The molecule has 0 aromatic carbocycles. The third-order valence-electron chi connectivity index (χ3n) is 3.14. The first-order valence-corrected chi connectivity index (χ1v) is 6.71. The molecule has 2 heterocycles. The van der Waals surface area contributed by atoms with Crippen LogP contribution in [-0.2, 0) is 9.53 Å². The smallest absolute Gasteiger partial charge is 0.329 e. The molecule has 104 valence electrons. The lowest BCUT2D eigenvalue weighted by atomic mass is 9.90. The fourth-order valence-electron chi connectivity index (χ4n) is 1.94. The standard InChI is InChI=1S/C12H15NO5S/c1-17-8-6-9(19-7-8)10(14)13-12(11(15)16)2-4-18-5-3-12/h6-7H,2-5H2,1H3,(H,13,14)(H,15,16). The highest BCUT2D eigenvalue weighted by molar-refractivity contribution is 7.12. The maximum Gasteiger partial charge on any atom is 0.329 e. The lowest BCUT2D eigenvalue weighted by Gasteiger charge is -2.33. The summed E-state index contributed by atoms with van der Waals surface area (Å²) in [5.41, 5.74) is -1.23. The summed E-state index contributed by atoms with van der Waals surface area (Å²) < 4.78 is 10.2. The number of amides is 1. The second kappa shape index (κ2) is 5.58. The molecule has 0 spiro atoms. The van der Waals surface area contributed by atoms with Crippen LogP contribution in [0.5, 0.6) is 5.75 Å². The Morgan fingerprint density at radius 3 is 2.68 bits per heavy atom. The fourth-order valence-corrected chi connectivity index (χ4v) is 2.69. The molecule has 0 bridgehead atoms. The van der Waals surface area contributed by atoms with Crippen LogP contribution in [0.1, 0.15) is 22.5 Å². The van der Waals surface area contributed by atoms with Crippen LogP contribution in [0.3, 0.4) is 0 Å². The Labute approximate surface area is 114 Å². The number of carboxylic acids is 1. The third kappa shape index (κ3) is 2.87. The summed E-state index contributed by atoms with van der Waals surface area (Å²) in [6.07, 6.45) is 0.549. The Kier molecular flexibility index (Phi) is 4.06. The number of carbonyl (C=O) groups is 2. The lowest BCUT2D eigenvalue weighted by molar-refractivity contribution is -0.148. The van der Waals surface area contributed by atoms with Gasteiger partial charge in [-0.2, -0.15) is 0 Å². The Balaban J connectivity index is 2.12. The second-order valence-electron chi connectivity index (χ2n) is 4.30. The van der Waals surface area contributed by atoms with E-state index in [9.17, 15) is 14.7 Å². The van der Waals surface area contributed by atoms with Crippen molar-refractivity contribution in [3.05, 3.63) is 16.3 Å². The van der Waals surface area contributed by atoms with Crippen molar-refractivity contribution in [2.45, 2.75) is 18.4 Å². The van der Waals surface area contributed by atoms with E-state index in [-0.39, 0.29) is 12.8 Å². The summed E-state index contributed by atoms with van der Waals surface area (Å²) in [4.78, 5) is 23.9. The molecule has 1 fully saturated rings. The molecule has 0 aliphatic carbocycles. The lowest BCUT2D eigenvalue weighted by Crippen LogP contribution is -2.57. The minimum Gasteiger partial charge on any atom is -0.496 e. The largest absolute Gasteiger partial charge is 0.496 e. The van der Waals surface area contributed by atoms with E-state index in [0.29, 0.717) is 23.8 Å². The maximum absolute atomic E-state index is 12.1. The molecular weight excluding hydrogens is 270 g/mol. The van der Waals surface area contributed by atoms with Crippen LogP contribution in [-0.4, -0.2) is 42.8 Å². The number of methoxy groups -OCH3 is 1. The summed E-state index contributed by atoms with van der Waals surface area (Å²) in [6, 6.07) is 1.59. The van der Waals surface area contributed by atoms with Gasteiger partial charge in [0, 0.05) is 37.5 Å². The normalized spacial score (nSPS) is 17.7. The van der Waals surface area contributed by atoms with Gasteiger partial charge >= 0.3 is 5.97 Å². The zero-order chi connectivity index (χ0) is 13.9. The molecule has 1 amide bonds. The number of carboxylic acid groups (broad SMARTS) is 1. The molecule has 1 aliphatic heterocycles. The van der Waals surface area contributed by atoms with Crippen LogP contribution in [0.4, 0.5) is 0 Å². The van der Waals surface area contributed by atoms with Gasteiger partial charge in [-0.1, -0.05) is 0 Å². The van der Waals surface area contributed by atoms with Crippen LogP contribution in [0.15, 0.2) is 11.4 Å². The van der Waals surface area contributed by atoms with Gasteiger partial charge in [0.05, 0.1) is 12.0 Å². The predicted molar refractivity (Wildman–Crippen MR) is 68.8 cm³/mol. The fraction of sp³-hybridized carbons (Fsp3) is 0.500. The first-order chi connectivity index (χ1) is 9.07. The average Bonchev–Trinajstić information content (AvgIpc) is 2.88. The van der Waals surface area contributed by atoms with Gasteiger partial charge in [-0.05, 0) is 0 Å². The van der Waals surface area contributed by atoms with Gasteiger partial charge < -0.3 is 19.9 Å². The van der Waals surface area contributed by atoms with Crippen molar-refractivity contribution >= 4 is 23.2 Å². The molecule has 0 atom stereocenters. The highest BCUT2D eigenvalue weighted by Gasteiger charge is 2.41. The topological polar surface area (TPSA) is 84.9 Å². The number of hydrogen-bond acceptors (Lipinski definition) is 5. The molecule has 0 radical (unpaired) electrons. The molecule has 2 rings (SSSR count). The third-order valence-corrected chi connectivity index (χ3v) is 4.05. The molecule has 1 aliphatic rings. The van der Waals surface area contributed by atoms with Crippen LogP contribution in [0.25, 0.3) is 0 Å². The van der Waals surface area contributed by atoms with Crippen LogP contribution >= 0.6 is 11.3 Å². The van der Waals surface area contributed by atoms with E-state index in [2.05, 4.69) is 5.32 Å². The van der Waals surface area contributed by atoms with E-state index >= 15 is 0 Å². The van der Waals surface area contributed by atoms with E-state index in [0.717, 1.165) is 0 Å². The summed E-state index contributed by atoms with van der Waals surface area (Å²) in [7, 11) is 1.51. The van der Waals surface area contributed by atoms with Gasteiger partial charge in [0.2, 0.25) is 0 Å². The van der Waals surface area contributed by atoms with Crippen LogP contribution < -0.4 is 10.1 Å². The van der Waals surface area contributed by atoms with Gasteiger partial charge in [-0.15, -0.1) is 11.3 Å².